The Morgan fingerprint density at radius 1 is 1.19 bits per heavy atom. The predicted molar refractivity (Wildman–Crippen MR) is 138 cm³/mol. The summed E-state index contributed by atoms with van der Waals surface area (Å²) in [7, 11) is -0.688. The summed E-state index contributed by atoms with van der Waals surface area (Å²) < 4.78 is 38.1. The van der Waals surface area contributed by atoms with Gasteiger partial charge in [0, 0.05) is 43.9 Å². The van der Waals surface area contributed by atoms with Crippen molar-refractivity contribution in [3.8, 4) is 0 Å². The summed E-state index contributed by atoms with van der Waals surface area (Å²) in [6.07, 6.45) is -0.379. The van der Waals surface area contributed by atoms with Gasteiger partial charge in [0.2, 0.25) is 15.9 Å². The number of sulfonamides is 1. The Kier molecular flexibility index (Phi) is 8.10. The summed E-state index contributed by atoms with van der Waals surface area (Å²) in [5.41, 5.74) is 0.630. The van der Waals surface area contributed by atoms with Crippen LogP contribution in [0.4, 0.5) is 10.5 Å². The molecule has 11 heteroatoms. The molecule has 1 aromatic carbocycles. The zero-order valence-corrected chi connectivity index (χ0v) is 23.4. The highest BCUT2D eigenvalue weighted by atomic mass is 32.2. The molecule has 0 bridgehead atoms. The number of carbonyl (C=O) groups excluding carboxylic acids is 2. The van der Waals surface area contributed by atoms with Crippen LogP contribution in [-0.4, -0.2) is 94.8 Å². The zero-order chi connectivity index (χ0) is 27.1. The quantitative estimate of drug-likeness (QED) is 0.608. The van der Waals surface area contributed by atoms with Crippen LogP contribution in [0, 0.1) is 0 Å². The van der Waals surface area contributed by atoms with E-state index >= 15 is 0 Å². The second kappa shape index (κ2) is 10.3. The van der Waals surface area contributed by atoms with E-state index in [-0.39, 0.29) is 40.9 Å². The molecule has 0 aliphatic carbocycles. The number of anilines is 1. The van der Waals surface area contributed by atoms with Gasteiger partial charge in [-0.05, 0) is 52.4 Å². The first-order chi connectivity index (χ1) is 16.6. The van der Waals surface area contributed by atoms with Gasteiger partial charge in [-0.15, -0.1) is 0 Å². The normalized spacial score (nSPS) is 22.4. The van der Waals surface area contributed by atoms with Gasteiger partial charge in [0.15, 0.2) is 0 Å². The van der Waals surface area contributed by atoms with Crippen LogP contribution in [0.3, 0.4) is 0 Å². The molecule has 2 heterocycles. The van der Waals surface area contributed by atoms with Crippen molar-refractivity contribution < 1.29 is 27.5 Å². The smallest absolute Gasteiger partial charge is 0.410 e. The number of nitrogens with one attached hydrogen (secondary N) is 1. The lowest BCUT2D eigenvalue weighted by Crippen LogP contribution is -2.62. The Morgan fingerprint density at radius 2 is 1.86 bits per heavy atom. The fourth-order valence-electron chi connectivity index (χ4n) is 4.87. The van der Waals surface area contributed by atoms with Crippen molar-refractivity contribution in [1.82, 2.24) is 14.5 Å². The Hall–Kier alpha value is -2.21. The van der Waals surface area contributed by atoms with E-state index in [1.807, 2.05) is 46.4 Å². The molecule has 2 aliphatic rings. The molecule has 1 fully saturated rings. The van der Waals surface area contributed by atoms with E-state index in [2.05, 4.69) is 4.72 Å². The molecule has 0 aromatic heterocycles. The molecule has 3 rings (SSSR count). The van der Waals surface area contributed by atoms with E-state index in [0.29, 0.717) is 31.9 Å². The second-order valence-electron chi connectivity index (χ2n) is 11.3. The molecular weight excluding hydrogens is 484 g/mol. The Bertz CT molecular complexity index is 1100. The van der Waals surface area contributed by atoms with Gasteiger partial charge in [-0.3, -0.25) is 9.69 Å². The maximum atomic E-state index is 13.6. The van der Waals surface area contributed by atoms with E-state index in [1.54, 1.807) is 35.1 Å². The van der Waals surface area contributed by atoms with Crippen LogP contribution in [0.2, 0.25) is 0 Å². The van der Waals surface area contributed by atoms with E-state index in [0.717, 1.165) is 5.56 Å². The molecule has 36 heavy (non-hydrogen) atoms. The fraction of sp³-hybridized carbons (Fsp3) is 0.680. The minimum atomic E-state index is -3.65. The maximum absolute atomic E-state index is 13.6. The van der Waals surface area contributed by atoms with Gasteiger partial charge in [-0.25, -0.2) is 17.9 Å². The molecule has 1 N–H and O–H groups in total. The van der Waals surface area contributed by atoms with Crippen LogP contribution >= 0.6 is 0 Å². The third-order valence-corrected chi connectivity index (χ3v) is 8.11. The fourth-order valence-corrected chi connectivity index (χ4v) is 5.62. The van der Waals surface area contributed by atoms with Crippen molar-refractivity contribution >= 4 is 27.7 Å². The van der Waals surface area contributed by atoms with Crippen LogP contribution in [0.15, 0.2) is 23.1 Å². The van der Waals surface area contributed by atoms with Gasteiger partial charge in [0.1, 0.15) is 5.60 Å². The molecule has 0 radical (unpaired) electrons. The van der Waals surface area contributed by atoms with Crippen LogP contribution in [0.25, 0.3) is 0 Å². The lowest BCUT2D eigenvalue weighted by molar-refractivity contribution is -0.121. The number of benzene rings is 1. The highest BCUT2D eigenvalue weighted by Gasteiger charge is 2.41. The summed E-state index contributed by atoms with van der Waals surface area (Å²) in [4.78, 5) is 31.9. The SMILES string of the molecule is CNS(=O)(=O)c1ccc2c(c1)N(C(=O)CN1C[C@@H](C)N(C(=O)OC(C)(C)C)C[C@@H]1COC)CC2(C)C. The minimum Gasteiger partial charge on any atom is -0.444 e. The van der Waals surface area contributed by atoms with Crippen molar-refractivity contribution in [1.29, 1.82) is 0 Å². The monoisotopic (exact) mass is 524 g/mol. The van der Waals surface area contributed by atoms with Gasteiger partial charge >= 0.3 is 6.09 Å². The Morgan fingerprint density at radius 3 is 2.44 bits per heavy atom. The lowest BCUT2D eigenvalue weighted by atomic mass is 9.87. The molecule has 0 spiro atoms. The number of amides is 2. The van der Waals surface area contributed by atoms with E-state index in [1.165, 1.54) is 7.05 Å². The molecule has 1 aromatic rings. The highest BCUT2D eigenvalue weighted by Crippen LogP contribution is 2.41. The molecule has 202 valence electrons. The first-order valence-electron chi connectivity index (χ1n) is 12.2. The summed E-state index contributed by atoms with van der Waals surface area (Å²) >= 11 is 0. The van der Waals surface area contributed by atoms with Crippen molar-refractivity contribution in [3.05, 3.63) is 23.8 Å². The van der Waals surface area contributed by atoms with Crippen LogP contribution < -0.4 is 9.62 Å². The van der Waals surface area contributed by atoms with E-state index < -0.39 is 15.6 Å². The number of carbonyl (C=O) groups is 2. The topological polar surface area (TPSA) is 108 Å². The first kappa shape index (κ1) is 28.4. The summed E-state index contributed by atoms with van der Waals surface area (Å²) in [6, 6.07) is 4.60. The zero-order valence-electron chi connectivity index (χ0n) is 22.6. The van der Waals surface area contributed by atoms with Crippen molar-refractivity contribution in [2.45, 2.75) is 69.5 Å². The molecule has 10 nitrogen and oxygen atoms in total. The Labute approximate surface area is 214 Å². The molecule has 1 saturated heterocycles. The van der Waals surface area contributed by atoms with Crippen LogP contribution in [-0.2, 0) is 29.7 Å². The molecule has 2 atom stereocenters. The maximum Gasteiger partial charge on any atom is 0.410 e. The number of nitrogens with zero attached hydrogens (tertiary/aromatic N) is 3. The Balaban J connectivity index is 1.82. The van der Waals surface area contributed by atoms with Crippen LogP contribution in [0.5, 0.6) is 0 Å². The van der Waals surface area contributed by atoms with Crippen molar-refractivity contribution in [2.24, 2.45) is 0 Å². The molecule has 0 saturated carbocycles. The molecule has 2 amide bonds. The average Bonchev–Trinajstić information content (AvgIpc) is 3.04. The van der Waals surface area contributed by atoms with Crippen molar-refractivity contribution in [3.63, 3.8) is 0 Å². The van der Waals surface area contributed by atoms with Gasteiger partial charge in [-0.2, -0.15) is 0 Å². The van der Waals surface area contributed by atoms with Gasteiger partial charge in [0.05, 0.1) is 24.1 Å². The number of ether oxygens (including phenoxy) is 2. The van der Waals surface area contributed by atoms with Gasteiger partial charge in [-0.1, -0.05) is 19.9 Å². The highest BCUT2D eigenvalue weighted by molar-refractivity contribution is 7.89. The van der Waals surface area contributed by atoms with Crippen LogP contribution in [0.1, 0.15) is 47.1 Å². The summed E-state index contributed by atoms with van der Waals surface area (Å²) in [5, 5.41) is 0. The number of methoxy groups -OCH3 is 1. The third kappa shape index (κ3) is 6.01. The standard InChI is InChI=1S/C25H40N4O6S/c1-17-12-27(18(15-34-8)13-28(17)23(31)35-24(2,3)4)14-22(30)29-16-25(5,6)20-10-9-19(11-21(20)29)36(32,33)26-7/h9-11,17-18,26H,12-16H2,1-8H3/t17-,18-/m1/s1. The van der Waals surface area contributed by atoms with E-state index in [4.69, 9.17) is 9.47 Å². The minimum absolute atomic E-state index is 0.121. The van der Waals surface area contributed by atoms with E-state index in [9.17, 15) is 18.0 Å². The number of hydrogen-bond acceptors (Lipinski definition) is 7. The number of fused-ring (bicyclic) bond motifs is 1. The number of hydrogen-bond donors (Lipinski definition) is 1. The first-order valence-corrected chi connectivity index (χ1v) is 13.7. The molecule has 0 unspecified atom stereocenters. The van der Waals surface area contributed by atoms with Crippen molar-refractivity contribution in [2.75, 3.05) is 51.8 Å². The average molecular weight is 525 g/mol. The second-order valence-corrected chi connectivity index (χ2v) is 13.2. The lowest BCUT2D eigenvalue weighted by Gasteiger charge is -2.45. The van der Waals surface area contributed by atoms with Gasteiger partial charge < -0.3 is 19.3 Å². The predicted octanol–water partition coefficient (Wildman–Crippen LogP) is 2.18. The molecule has 2 aliphatic heterocycles. The third-order valence-electron chi connectivity index (χ3n) is 6.70. The largest absolute Gasteiger partial charge is 0.444 e. The summed E-state index contributed by atoms with van der Waals surface area (Å²) in [6.45, 7) is 13.3. The number of rotatable bonds is 6. The summed E-state index contributed by atoms with van der Waals surface area (Å²) in [5.74, 6) is -0.125. The number of piperazine rings is 1. The van der Waals surface area contributed by atoms with Gasteiger partial charge in [0.25, 0.3) is 0 Å². The molecular formula is C25H40N4O6S.